The van der Waals surface area contributed by atoms with Crippen LogP contribution in [0.4, 0.5) is 11.6 Å². The molecule has 3 heterocycles. The smallest absolute Gasteiger partial charge is 0.223 e. The molecule has 0 bridgehead atoms. The number of benzene rings is 1. The van der Waals surface area contributed by atoms with Crippen molar-refractivity contribution in [3.63, 3.8) is 0 Å². The molecule has 0 saturated carbocycles. The molecule has 4 rings (SSSR count). The highest BCUT2D eigenvalue weighted by molar-refractivity contribution is 6.30. The van der Waals surface area contributed by atoms with Crippen LogP contribution in [0.25, 0.3) is 0 Å². The monoisotopic (exact) mass is 399 g/mol. The van der Waals surface area contributed by atoms with Gasteiger partial charge in [0, 0.05) is 56.8 Å². The first-order chi connectivity index (χ1) is 13.7. The SMILES string of the molecule is O=C(CCc1cccc(Cl)c1)N1CCN(c2cc(N3CCCC3)ncn2)CC1. The highest BCUT2D eigenvalue weighted by Gasteiger charge is 2.23. The number of amides is 1. The van der Waals surface area contributed by atoms with Crippen molar-refractivity contribution in [1.82, 2.24) is 14.9 Å². The van der Waals surface area contributed by atoms with Crippen LogP contribution in [0.5, 0.6) is 0 Å². The predicted molar refractivity (Wildman–Crippen MR) is 112 cm³/mol. The number of aromatic nitrogens is 2. The molecule has 1 aromatic heterocycles. The topological polar surface area (TPSA) is 52.6 Å². The molecule has 0 atom stereocenters. The normalized spacial score (nSPS) is 17.2. The van der Waals surface area contributed by atoms with E-state index in [9.17, 15) is 4.79 Å². The summed E-state index contributed by atoms with van der Waals surface area (Å²) in [6.07, 6.45) is 5.37. The van der Waals surface area contributed by atoms with Crippen LogP contribution < -0.4 is 9.80 Å². The second kappa shape index (κ2) is 8.78. The number of anilines is 2. The highest BCUT2D eigenvalue weighted by Crippen LogP contribution is 2.22. The molecule has 0 N–H and O–H groups in total. The fourth-order valence-corrected chi connectivity index (χ4v) is 4.13. The van der Waals surface area contributed by atoms with Gasteiger partial charge in [0.1, 0.15) is 18.0 Å². The van der Waals surface area contributed by atoms with Gasteiger partial charge in [0.25, 0.3) is 0 Å². The molecule has 2 saturated heterocycles. The van der Waals surface area contributed by atoms with E-state index in [1.165, 1.54) is 12.8 Å². The van der Waals surface area contributed by atoms with Gasteiger partial charge < -0.3 is 14.7 Å². The summed E-state index contributed by atoms with van der Waals surface area (Å²) in [5, 5.41) is 0.719. The Morgan fingerprint density at radius 3 is 2.29 bits per heavy atom. The van der Waals surface area contributed by atoms with Gasteiger partial charge in [-0.3, -0.25) is 4.79 Å². The molecule has 2 fully saturated rings. The maximum Gasteiger partial charge on any atom is 0.223 e. The molecule has 2 aliphatic heterocycles. The van der Waals surface area contributed by atoms with Crippen molar-refractivity contribution < 1.29 is 4.79 Å². The number of halogens is 1. The third kappa shape index (κ3) is 4.55. The van der Waals surface area contributed by atoms with E-state index in [1.807, 2.05) is 29.2 Å². The third-order valence-electron chi connectivity index (χ3n) is 5.54. The highest BCUT2D eigenvalue weighted by atomic mass is 35.5. The van der Waals surface area contributed by atoms with Crippen LogP contribution in [0.3, 0.4) is 0 Å². The van der Waals surface area contributed by atoms with Crippen LogP contribution in [0.1, 0.15) is 24.8 Å². The number of aryl methyl sites for hydroxylation is 1. The fourth-order valence-electron chi connectivity index (χ4n) is 3.92. The summed E-state index contributed by atoms with van der Waals surface area (Å²) in [4.78, 5) is 28.0. The first kappa shape index (κ1) is 19.0. The molecule has 2 aliphatic rings. The van der Waals surface area contributed by atoms with E-state index < -0.39 is 0 Å². The van der Waals surface area contributed by atoms with E-state index in [4.69, 9.17) is 11.6 Å². The first-order valence-corrected chi connectivity index (χ1v) is 10.4. The quantitative estimate of drug-likeness (QED) is 0.773. The molecule has 1 amide bonds. The van der Waals surface area contributed by atoms with E-state index >= 15 is 0 Å². The average molecular weight is 400 g/mol. The zero-order valence-corrected chi connectivity index (χ0v) is 16.8. The van der Waals surface area contributed by atoms with Gasteiger partial charge in [0.05, 0.1) is 0 Å². The number of hydrogen-bond acceptors (Lipinski definition) is 5. The van der Waals surface area contributed by atoms with Crippen LogP contribution >= 0.6 is 11.6 Å². The molecule has 0 unspecified atom stereocenters. The van der Waals surface area contributed by atoms with Crippen LogP contribution in [0.15, 0.2) is 36.7 Å². The summed E-state index contributed by atoms with van der Waals surface area (Å²) in [5.41, 5.74) is 1.11. The molecule has 148 valence electrons. The van der Waals surface area contributed by atoms with Crippen LogP contribution in [0.2, 0.25) is 5.02 Å². The Morgan fingerprint density at radius 2 is 1.61 bits per heavy atom. The van der Waals surface area contributed by atoms with Gasteiger partial charge in [-0.2, -0.15) is 0 Å². The molecule has 1 aromatic carbocycles. The van der Waals surface area contributed by atoms with E-state index in [0.717, 1.165) is 67.9 Å². The van der Waals surface area contributed by atoms with Gasteiger partial charge in [-0.05, 0) is 37.0 Å². The lowest BCUT2D eigenvalue weighted by atomic mass is 10.1. The zero-order chi connectivity index (χ0) is 19.3. The molecular formula is C21H26ClN5O. The van der Waals surface area contributed by atoms with E-state index in [2.05, 4.69) is 25.8 Å². The Labute approximate surface area is 171 Å². The van der Waals surface area contributed by atoms with Gasteiger partial charge in [0.2, 0.25) is 5.91 Å². The van der Waals surface area contributed by atoms with E-state index in [-0.39, 0.29) is 5.91 Å². The first-order valence-electron chi connectivity index (χ1n) is 10.0. The van der Waals surface area contributed by atoms with Crippen molar-refractivity contribution in [2.45, 2.75) is 25.7 Å². The minimum Gasteiger partial charge on any atom is -0.356 e. The lowest BCUT2D eigenvalue weighted by Gasteiger charge is -2.35. The molecule has 2 aromatic rings. The van der Waals surface area contributed by atoms with Crippen LogP contribution in [-0.4, -0.2) is 60.0 Å². The number of hydrogen-bond donors (Lipinski definition) is 0. The van der Waals surface area contributed by atoms with Crippen molar-refractivity contribution in [2.75, 3.05) is 49.1 Å². The number of carbonyl (C=O) groups excluding carboxylic acids is 1. The van der Waals surface area contributed by atoms with E-state index in [1.54, 1.807) is 6.33 Å². The van der Waals surface area contributed by atoms with E-state index in [0.29, 0.717) is 6.42 Å². The van der Waals surface area contributed by atoms with Gasteiger partial charge in [-0.15, -0.1) is 0 Å². The third-order valence-corrected chi connectivity index (χ3v) is 5.78. The number of piperazine rings is 1. The largest absolute Gasteiger partial charge is 0.356 e. The Hall–Kier alpha value is -2.34. The molecule has 0 spiro atoms. The minimum absolute atomic E-state index is 0.208. The lowest BCUT2D eigenvalue weighted by Crippen LogP contribution is -2.49. The summed E-state index contributed by atoms with van der Waals surface area (Å²) in [6.45, 7) is 5.23. The summed E-state index contributed by atoms with van der Waals surface area (Å²) in [5.74, 6) is 2.19. The lowest BCUT2D eigenvalue weighted by molar-refractivity contribution is -0.131. The molecule has 0 radical (unpaired) electrons. The zero-order valence-electron chi connectivity index (χ0n) is 16.1. The van der Waals surface area contributed by atoms with Gasteiger partial charge in [-0.1, -0.05) is 23.7 Å². The maximum absolute atomic E-state index is 12.6. The minimum atomic E-state index is 0.208. The number of nitrogens with zero attached hydrogens (tertiary/aromatic N) is 5. The summed E-state index contributed by atoms with van der Waals surface area (Å²) in [7, 11) is 0. The Kier molecular flexibility index (Phi) is 5.95. The summed E-state index contributed by atoms with van der Waals surface area (Å²) < 4.78 is 0. The maximum atomic E-state index is 12.6. The summed E-state index contributed by atoms with van der Waals surface area (Å²) in [6, 6.07) is 9.82. The Bertz CT molecular complexity index is 816. The molecule has 28 heavy (non-hydrogen) atoms. The van der Waals surface area contributed by atoms with Crippen molar-refractivity contribution in [3.8, 4) is 0 Å². The standard InChI is InChI=1S/C21H26ClN5O/c22-18-5-3-4-17(14-18)6-7-21(28)27-12-10-26(11-13-27)20-15-19(23-16-24-20)25-8-1-2-9-25/h3-5,14-16H,1-2,6-13H2. The van der Waals surface area contributed by atoms with Crippen molar-refractivity contribution in [2.24, 2.45) is 0 Å². The van der Waals surface area contributed by atoms with Gasteiger partial charge >= 0.3 is 0 Å². The van der Waals surface area contributed by atoms with Crippen molar-refractivity contribution in [3.05, 3.63) is 47.2 Å². The average Bonchev–Trinajstić information content (AvgIpc) is 3.27. The van der Waals surface area contributed by atoms with Gasteiger partial charge in [0.15, 0.2) is 0 Å². The number of rotatable bonds is 5. The van der Waals surface area contributed by atoms with Gasteiger partial charge in [-0.25, -0.2) is 9.97 Å². The van der Waals surface area contributed by atoms with Crippen LogP contribution in [-0.2, 0) is 11.2 Å². The molecule has 0 aliphatic carbocycles. The molecule has 6 nitrogen and oxygen atoms in total. The number of carbonyl (C=O) groups is 1. The Balaban J connectivity index is 1.29. The second-order valence-electron chi connectivity index (χ2n) is 7.43. The second-order valence-corrected chi connectivity index (χ2v) is 7.86. The fraction of sp³-hybridized carbons (Fsp3) is 0.476. The van der Waals surface area contributed by atoms with Crippen LogP contribution in [0, 0.1) is 0 Å². The van der Waals surface area contributed by atoms with Crippen molar-refractivity contribution in [1.29, 1.82) is 0 Å². The van der Waals surface area contributed by atoms with Crippen molar-refractivity contribution >= 4 is 29.1 Å². The summed E-state index contributed by atoms with van der Waals surface area (Å²) >= 11 is 6.02. The Morgan fingerprint density at radius 1 is 0.929 bits per heavy atom. The molecular weight excluding hydrogens is 374 g/mol. The molecule has 7 heteroatoms. The predicted octanol–water partition coefficient (Wildman–Crippen LogP) is 3.01.